The van der Waals surface area contributed by atoms with Crippen LogP contribution in [0, 0.1) is 0 Å². The highest BCUT2D eigenvalue weighted by Crippen LogP contribution is 2.19. The van der Waals surface area contributed by atoms with Gasteiger partial charge in [0.2, 0.25) is 0 Å². The van der Waals surface area contributed by atoms with Gasteiger partial charge in [-0.15, -0.1) is 0 Å². The molecular formula is C7H10Cl3NO. The lowest BCUT2D eigenvalue weighted by Gasteiger charge is -2.17. The van der Waals surface area contributed by atoms with Crippen LogP contribution in [-0.4, -0.2) is 23.9 Å². The molecule has 0 atom stereocenters. The summed E-state index contributed by atoms with van der Waals surface area (Å²) in [5.74, 6) is -0.332. The molecule has 0 unspecified atom stereocenters. The van der Waals surface area contributed by atoms with Crippen molar-refractivity contribution in [1.29, 1.82) is 0 Å². The van der Waals surface area contributed by atoms with Gasteiger partial charge in [-0.05, 0) is 13.8 Å². The van der Waals surface area contributed by atoms with Crippen molar-refractivity contribution in [2.45, 2.75) is 13.8 Å². The molecular weight excluding hydrogens is 220 g/mol. The Morgan fingerprint density at radius 2 is 1.58 bits per heavy atom. The molecule has 0 N–H and O–H groups in total. The fourth-order valence-electron chi connectivity index (χ4n) is 0.730. The normalized spacial score (nSPS) is 9.42. The van der Waals surface area contributed by atoms with Crippen LogP contribution in [0.1, 0.15) is 13.8 Å². The van der Waals surface area contributed by atoms with E-state index in [1.165, 1.54) is 4.90 Å². The van der Waals surface area contributed by atoms with Crippen molar-refractivity contribution in [3.63, 3.8) is 0 Å². The summed E-state index contributed by atoms with van der Waals surface area (Å²) in [7, 11) is 0. The molecule has 0 radical (unpaired) electrons. The first kappa shape index (κ1) is 12.1. The van der Waals surface area contributed by atoms with Crippen LogP contribution in [0.3, 0.4) is 0 Å². The molecule has 0 heterocycles. The van der Waals surface area contributed by atoms with Crippen molar-refractivity contribution < 1.29 is 4.79 Å². The Kier molecular flexibility index (Phi) is 5.72. The highest BCUT2D eigenvalue weighted by Gasteiger charge is 2.15. The van der Waals surface area contributed by atoms with Crippen LogP contribution in [0.4, 0.5) is 0 Å². The first-order chi connectivity index (χ1) is 5.54. The number of halogens is 3. The molecule has 0 aliphatic rings. The molecule has 0 aromatic heterocycles. The highest BCUT2D eigenvalue weighted by atomic mass is 35.5. The van der Waals surface area contributed by atoms with Gasteiger partial charge in [0.15, 0.2) is 0 Å². The Hall–Kier alpha value is 0.0800. The Morgan fingerprint density at radius 1 is 1.17 bits per heavy atom. The summed E-state index contributed by atoms with van der Waals surface area (Å²) < 4.78 is -0.187. The fraction of sp³-hybridized carbons (Fsp3) is 0.571. The molecule has 0 aromatic carbocycles. The van der Waals surface area contributed by atoms with Gasteiger partial charge in [-0.25, -0.2) is 0 Å². The van der Waals surface area contributed by atoms with Gasteiger partial charge in [0.05, 0.1) is 0 Å². The van der Waals surface area contributed by atoms with Gasteiger partial charge in [-0.2, -0.15) is 0 Å². The summed E-state index contributed by atoms with van der Waals surface area (Å²) in [5.41, 5.74) is 0. The maximum absolute atomic E-state index is 11.3. The van der Waals surface area contributed by atoms with Crippen molar-refractivity contribution in [1.82, 2.24) is 4.90 Å². The Balaban J connectivity index is 4.48. The number of carbonyl (C=O) groups excluding carboxylic acids is 1. The van der Waals surface area contributed by atoms with E-state index in [9.17, 15) is 4.79 Å². The third kappa shape index (κ3) is 3.21. The number of hydrogen-bond donors (Lipinski definition) is 0. The average molecular weight is 231 g/mol. The van der Waals surface area contributed by atoms with Crippen LogP contribution >= 0.6 is 34.8 Å². The van der Waals surface area contributed by atoms with Crippen molar-refractivity contribution in [2.75, 3.05) is 13.1 Å². The molecule has 0 spiro atoms. The Bertz CT molecular complexity index is 195. The summed E-state index contributed by atoms with van der Waals surface area (Å²) in [6.45, 7) is 4.89. The second-order valence-electron chi connectivity index (χ2n) is 2.05. The SMILES string of the molecule is CCN(CC)C(=O)C(Cl)=C(Cl)Cl. The predicted octanol–water partition coefficient (Wildman–Crippen LogP) is 2.74. The van der Waals surface area contributed by atoms with E-state index in [0.29, 0.717) is 13.1 Å². The molecule has 0 aliphatic carbocycles. The van der Waals surface area contributed by atoms with E-state index in [1.54, 1.807) is 0 Å². The van der Waals surface area contributed by atoms with Gasteiger partial charge in [-0.1, -0.05) is 34.8 Å². The van der Waals surface area contributed by atoms with Crippen molar-refractivity contribution in [3.05, 3.63) is 9.52 Å². The zero-order valence-electron chi connectivity index (χ0n) is 6.90. The second kappa shape index (κ2) is 5.68. The molecule has 70 valence electrons. The van der Waals surface area contributed by atoms with Crippen LogP contribution in [0.25, 0.3) is 0 Å². The van der Waals surface area contributed by atoms with Crippen molar-refractivity contribution in [2.24, 2.45) is 0 Å². The van der Waals surface area contributed by atoms with E-state index in [-0.39, 0.29) is 15.4 Å². The lowest BCUT2D eigenvalue weighted by molar-refractivity contribution is -0.126. The average Bonchev–Trinajstić information content (AvgIpc) is 2.05. The molecule has 1 amide bonds. The fourth-order valence-corrected chi connectivity index (χ4v) is 1.01. The largest absolute Gasteiger partial charge is 0.338 e. The Morgan fingerprint density at radius 3 is 1.83 bits per heavy atom. The van der Waals surface area contributed by atoms with E-state index in [0.717, 1.165) is 0 Å². The standard InChI is InChI=1S/C7H10Cl3NO/c1-3-11(4-2)7(12)5(8)6(9)10/h3-4H2,1-2H3. The number of amides is 1. The van der Waals surface area contributed by atoms with Crippen molar-refractivity contribution >= 4 is 40.7 Å². The summed E-state index contributed by atoms with van der Waals surface area (Å²) in [6.07, 6.45) is 0. The maximum atomic E-state index is 11.3. The Labute approximate surface area is 87.1 Å². The molecule has 0 rings (SSSR count). The quantitative estimate of drug-likeness (QED) is 0.683. The number of rotatable bonds is 3. The third-order valence-corrected chi connectivity index (χ3v) is 2.33. The van der Waals surface area contributed by atoms with Gasteiger partial charge < -0.3 is 4.90 Å². The van der Waals surface area contributed by atoms with E-state index in [2.05, 4.69) is 0 Å². The van der Waals surface area contributed by atoms with Crippen molar-refractivity contribution in [3.8, 4) is 0 Å². The van der Waals surface area contributed by atoms with E-state index >= 15 is 0 Å². The third-order valence-electron chi connectivity index (χ3n) is 1.40. The summed E-state index contributed by atoms with van der Waals surface area (Å²) in [6, 6.07) is 0. The minimum Gasteiger partial charge on any atom is -0.338 e. The molecule has 0 bridgehead atoms. The number of likely N-dealkylation sites (N-methyl/N-ethyl adjacent to an activating group) is 1. The molecule has 5 heteroatoms. The van der Waals surface area contributed by atoms with E-state index < -0.39 is 0 Å². The van der Waals surface area contributed by atoms with Crippen LogP contribution in [0.2, 0.25) is 0 Å². The molecule has 12 heavy (non-hydrogen) atoms. The summed E-state index contributed by atoms with van der Waals surface area (Å²) >= 11 is 16.2. The van der Waals surface area contributed by atoms with Gasteiger partial charge in [0, 0.05) is 13.1 Å². The van der Waals surface area contributed by atoms with Gasteiger partial charge in [-0.3, -0.25) is 4.79 Å². The van der Waals surface area contributed by atoms with E-state index in [4.69, 9.17) is 34.8 Å². The number of nitrogens with zero attached hydrogens (tertiary/aromatic N) is 1. The minimum absolute atomic E-state index is 0.123. The first-order valence-corrected chi connectivity index (χ1v) is 4.68. The van der Waals surface area contributed by atoms with Gasteiger partial charge in [0.25, 0.3) is 5.91 Å². The monoisotopic (exact) mass is 229 g/mol. The van der Waals surface area contributed by atoms with Gasteiger partial charge >= 0.3 is 0 Å². The first-order valence-electron chi connectivity index (χ1n) is 3.54. The molecule has 0 aromatic rings. The zero-order valence-corrected chi connectivity index (χ0v) is 9.17. The zero-order chi connectivity index (χ0) is 9.72. The van der Waals surface area contributed by atoms with Crippen LogP contribution in [-0.2, 0) is 4.79 Å². The van der Waals surface area contributed by atoms with Crippen LogP contribution < -0.4 is 0 Å². The van der Waals surface area contributed by atoms with Gasteiger partial charge in [0.1, 0.15) is 9.52 Å². The molecule has 0 aliphatic heterocycles. The van der Waals surface area contributed by atoms with E-state index in [1.807, 2.05) is 13.8 Å². The molecule has 2 nitrogen and oxygen atoms in total. The molecule has 0 saturated heterocycles. The maximum Gasteiger partial charge on any atom is 0.267 e. The minimum atomic E-state index is -0.332. The summed E-state index contributed by atoms with van der Waals surface area (Å²) in [5, 5.41) is -0.123. The van der Waals surface area contributed by atoms with Crippen LogP contribution in [0.15, 0.2) is 9.52 Å². The number of hydrogen-bond acceptors (Lipinski definition) is 1. The molecule has 0 saturated carbocycles. The highest BCUT2D eigenvalue weighted by molar-refractivity contribution is 6.62. The second-order valence-corrected chi connectivity index (χ2v) is 3.38. The lowest BCUT2D eigenvalue weighted by atomic mass is 10.4. The predicted molar refractivity (Wildman–Crippen MR) is 52.5 cm³/mol. The summed E-state index contributed by atoms with van der Waals surface area (Å²) in [4.78, 5) is 12.8. The topological polar surface area (TPSA) is 20.3 Å². The molecule has 0 fully saturated rings. The van der Waals surface area contributed by atoms with Crippen LogP contribution in [0.5, 0.6) is 0 Å². The smallest absolute Gasteiger partial charge is 0.267 e. The number of carbonyl (C=O) groups is 1. The lowest BCUT2D eigenvalue weighted by Crippen LogP contribution is -2.30.